The zero-order valence-electron chi connectivity index (χ0n) is 16.0. The molecule has 1 saturated heterocycles. The fourth-order valence-corrected chi connectivity index (χ4v) is 3.29. The number of benzene rings is 1. The summed E-state index contributed by atoms with van der Waals surface area (Å²) < 4.78 is 52.9. The average molecular weight is 425 g/mol. The van der Waals surface area contributed by atoms with E-state index in [0.29, 0.717) is 11.1 Å². The van der Waals surface area contributed by atoms with E-state index in [1.165, 1.54) is 23.1 Å². The largest absolute Gasteiger partial charge is 0.478 e. The molecule has 1 aliphatic rings. The Bertz CT molecular complexity index is 965. The molecule has 0 spiro atoms. The predicted octanol–water partition coefficient (Wildman–Crippen LogP) is 4.28. The van der Waals surface area contributed by atoms with Gasteiger partial charge in [-0.25, -0.2) is 19.0 Å². The van der Waals surface area contributed by atoms with E-state index < -0.39 is 30.0 Å². The van der Waals surface area contributed by atoms with Crippen molar-refractivity contribution in [3.63, 3.8) is 0 Å². The van der Waals surface area contributed by atoms with Gasteiger partial charge in [0.05, 0.1) is 18.7 Å². The molecule has 0 bridgehead atoms. The maximum absolute atomic E-state index is 13.6. The van der Waals surface area contributed by atoms with Gasteiger partial charge in [-0.15, -0.1) is 0 Å². The monoisotopic (exact) mass is 425 g/mol. The zero-order valence-corrected chi connectivity index (χ0v) is 16.0. The number of anilines is 1. The number of urea groups is 1. The van der Waals surface area contributed by atoms with Crippen LogP contribution in [0.5, 0.6) is 0 Å². The normalized spacial score (nSPS) is 16.6. The average Bonchev–Trinajstić information content (AvgIpc) is 3.11. The molecule has 0 unspecified atom stereocenters. The number of hydrogen-bond acceptors (Lipinski definition) is 3. The van der Waals surface area contributed by atoms with Crippen molar-refractivity contribution >= 4 is 17.8 Å². The lowest BCUT2D eigenvalue weighted by molar-refractivity contribution is -0.141. The second-order valence-corrected chi connectivity index (χ2v) is 7.03. The van der Waals surface area contributed by atoms with Crippen LogP contribution >= 0.6 is 0 Å². The van der Waals surface area contributed by atoms with Gasteiger partial charge in [0.25, 0.3) is 0 Å². The molecule has 2 heterocycles. The number of aromatic carboxylic acids is 1. The van der Waals surface area contributed by atoms with E-state index in [2.05, 4.69) is 4.98 Å². The van der Waals surface area contributed by atoms with Gasteiger partial charge in [-0.05, 0) is 42.7 Å². The Kier molecular flexibility index (Phi) is 5.95. The highest BCUT2D eigenvalue weighted by Crippen LogP contribution is 2.30. The Balaban J connectivity index is 1.97. The van der Waals surface area contributed by atoms with Crippen LogP contribution in [0.3, 0.4) is 0 Å². The number of nitrogens with zero attached hydrogens (tertiary/aromatic N) is 3. The smallest absolute Gasteiger partial charge is 0.433 e. The molecular formula is C20H19F4N3O3. The van der Waals surface area contributed by atoms with E-state index in [1.54, 1.807) is 13.0 Å². The lowest BCUT2D eigenvalue weighted by atomic mass is 10.0. The third-order valence-electron chi connectivity index (χ3n) is 4.80. The minimum atomic E-state index is -4.69. The fraction of sp³-hybridized carbons (Fsp3) is 0.350. The van der Waals surface area contributed by atoms with Gasteiger partial charge in [-0.3, -0.25) is 4.90 Å². The van der Waals surface area contributed by atoms with Gasteiger partial charge in [0.1, 0.15) is 17.7 Å². The maximum atomic E-state index is 13.6. The molecule has 3 rings (SSSR count). The van der Waals surface area contributed by atoms with Gasteiger partial charge in [0.15, 0.2) is 0 Å². The van der Waals surface area contributed by atoms with Crippen LogP contribution in [0, 0.1) is 6.92 Å². The van der Waals surface area contributed by atoms with Crippen molar-refractivity contribution in [2.24, 2.45) is 0 Å². The molecule has 10 heteroatoms. The van der Waals surface area contributed by atoms with Crippen LogP contribution in [0.1, 0.15) is 33.6 Å². The van der Waals surface area contributed by atoms with Gasteiger partial charge in [0, 0.05) is 6.54 Å². The minimum Gasteiger partial charge on any atom is -0.478 e. The lowest BCUT2D eigenvalue weighted by Crippen LogP contribution is -2.42. The first-order valence-electron chi connectivity index (χ1n) is 9.14. The Labute approximate surface area is 169 Å². The molecule has 2 amide bonds. The number of amides is 2. The van der Waals surface area contributed by atoms with Gasteiger partial charge < -0.3 is 10.0 Å². The summed E-state index contributed by atoms with van der Waals surface area (Å²) in [5, 5.41) is 9.16. The molecule has 1 aromatic carbocycles. The number of carboxylic acid groups (broad SMARTS) is 1. The van der Waals surface area contributed by atoms with Crippen LogP contribution < -0.4 is 4.90 Å². The molecule has 6 nitrogen and oxygen atoms in total. The van der Waals surface area contributed by atoms with Gasteiger partial charge in [0.2, 0.25) is 0 Å². The standard InChI is InChI=1S/C20H19F4N3O3/c1-12-9-13(5-6-15(12)18(28)29)10-27(19(30)26-8-7-14(21)11-26)17-4-2-3-16(25-17)20(22,23)24/h2-6,9,14H,7-8,10-11H2,1H3,(H,28,29)/t14-/m0/s1. The van der Waals surface area contributed by atoms with E-state index >= 15 is 0 Å². The number of rotatable bonds is 4. The van der Waals surface area contributed by atoms with Crippen LogP contribution in [0.4, 0.5) is 28.2 Å². The van der Waals surface area contributed by atoms with Crippen molar-refractivity contribution in [3.05, 3.63) is 58.8 Å². The fourth-order valence-electron chi connectivity index (χ4n) is 3.29. The highest BCUT2D eigenvalue weighted by atomic mass is 19.4. The van der Waals surface area contributed by atoms with E-state index in [9.17, 15) is 27.2 Å². The number of carbonyl (C=O) groups excluding carboxylic acids is 1. The number of pyridine rings is 1. The molecule has 1 aromatic heterocycles. The van der Waals surface area contributed by atoms with Crippen molar-refractivity contribution in [2.45, 2.75) is 32.2 Å². The third kappa shape index (κ3) is 4.69. The number of carboxylic acids is 1. The molecule has 1 fully saturated rings. The summed E-state index contributed by atoms with van der Waals surface area (Å²) in [6.45, 7) is 1.43. The van der Waals surface area contributed by atoms with Crippen molar-refractivity contribution in [2.75, 3.05) is 18.0 Å². The summed E-state index contributed by atoms with van der Waals surface area (Å²) in [4.78, 5) is 30.0. The first kappa shape index (κ1) is 21.5. The van der Waals surface area contributed by atoms with E-state index in [0.717, 1.165) is 17.0 Å². The number of aryl methyl sites for hydroxylation is 1. The van der Waals surface area contributed by atoms with Gasteiger partial charge in [-0.2, -0.15) is 13.2 Å². The number of aromatic nitrogens is 1. The summed E-state index contributed by atoms with van der Waals surface area (Å²) in [5.41, 5.74) is -0.135. The molecular weight excluding hydrogens is 406 g/mol. The Morgan fingerprint density at radius 2 is 2.00 bits per heavy atom. The summed E-state index contributed by atoms with van der Waals surface area (Å²) in [6.07, 6.45) is -5.73. The summed E-state index contributed by atoms with van der Waals surface area (Å²) >= 11 is 0. The van der Waals surface area contributed by atoms with Crippen molar-refractivity contribution in [3.8, 4) is 0 Å². The molecule has 1 atom stereocenters. The van der Waals surface area contributed by atoms with Crippen LogP contribution in [0.15, 0.2) is 36.4 Å². The minimum absolute atomic E-state index is 0.0774. The highest BCUT2D eigenvalue weighted by molar-refractivity contribution is 5.91. The molecule has 160 valence electrons. The van der Waals surface area contributed by atoms with E-state index in [4.69, 9.17) is 5.11 Å². The summed E-state index contributed by atoms with van der Waals surface area (Å²) in [6, 6.07) is 6.93. The van der Waals surface area contributed by atoms with E-state index in [1.807, 2.05) is 0 Å². The van der Waals surface area contributed by atoms with Crippen molar-refractivity contribution in [1.82, 2.24) is 9.88 Å². The summed E-state index contributed by atoms with van der Waals surface area (Å²) in [7, 11) is 0. The molecule has 2 aromatic rings. The first-order valence-corrected chi connectivity index (χ1v) is 9.14. The third-order valence-corrected chi connectivity index (χ3v) is 4.80. The molecule has 0 aliphatic carbocycles. The molecule has 0 radical (unpaired) electrons. The molecule has 30 heavy (non-hydrogen) atoms. The molecule has 1 N–H and O–H groups in total. The highest BCUT2D eigenvalue weighted by Gasteiger charge is 2.35. The number of likely N-dealkylation sites (tertiary alicyclic amines) is 1. The van der Waals surface area contributed by atoms with Crippen LogP contribution in [0.25, 0.3) is 0 Å². The predicted molar refractivity (Wildman–Crippen MR) is 100 cm³/mol. The van der Waals surface area contributed by atoms with Crippen LogP contribution in [-0.4, -0.2) is 46.3 Å². The number of carbonyl (C=O) groups is 2. The maximum Gasteiger partial charge on any atom is 0.433 e. The quantitative estimate of drug-likeness (QED) is 0.743. The molecule has 1 aliphatic heterocycles. The van der Waals surface area contributed by atoms with Gasteiger partial charge >= 0.3 is 18.2 Å². The number of halogens is 4. The second-order valence-electron chi connectivity index (χ2n) is 7.03. The van der Waals surface area contributed by atoms with Crippen molar-refractivity contribution in [1.29, 1.82) is 0 Å². The zero-order chi connectivity index (χ0) is 22.1. The summed E-state index contributed by atoms with van der Waals surface area (Å²) in [5.74, 6) is -1.34. The molecule has 0 saturated carbocycles. The lowest BCUT2D eigenvalue weighted by Gasteiger charge is -2.28. The SMILES string of the molecule is Cc1cc(CN(C(=O)N2CC[C@H](F)C2)c2cccc(C(F)(F)F)n2)ccc1C(=O)O. The van der Waals surface area contributed by atoms with Crippen LogP contribution in [0.2, 0.25) is 0 Å². The Hall–Kier alpha value is -3.17. The van der Waals surface area contributed by atoms with E-state index in [-0.39, 0.29) is 37.4 Å². The first-order chi connectivity index (χ1) is 14.1. The van der Waals surface area contributed by atoms with Crippen LogP contribution in [-0.2, 0) is 12.7 Å². The Morgan fingerprint density at radius 3 is 2.57 bits per heavy atom. The Morgan fingerprint density at radius 1 is 1.27 bits per heavy atom. The van der Waals surface area contributed by atoms with Crippen molar-refractivity contribution < 1.29 is 32.3 Å². The number of hydrogen-bond donors (Lipinski definition) is 1. The van der Waals surface area contributed by atoms with Gasteiger partial charge in [-0.1, -0.05) is 18.2 Å². The second kappa shape index (κ2) is 8.29. The number of alkyl halides is 4. The topological polar surface area (TPSA) is 73.7 Å².